The lowest BCUT2D eigenvalue weighted by Gasteiger charge is -2.17. The maximum absolute atomic E-state index is 12.6. The highest BCUT2D eigenvalue weighted by molar-refractivity contribution is 6.08. The Morgan fingerprint density at radius 3 is 2.89 bits per heavy atom. The molecule has 3 rings (SSSR count). The predicted octanol–water partition coefficient (Wildman–Crippen LogP) is 1.51. The number of hydrogen-bond donors (Lipinski definition) is 1. The van der Waals surface area contributed by atoms with Gasteiger partial charge < -0.3 is 10.6 Å². The van der Waals surface area contributed by atoms with Crippen molar-refractivity contribution in [3.8, 4) is 0 Å². The standard InChI is InChI=1S/C14H16N4O/c1-9-11(8-17(2)16-9)14(19)18-7-6-10-12(15)4-3-5-13(10)18/h3-5,8H,6-7,15H2,1-2H3. The van der Waals surface area contributed by atoms with Gasteiger partial charge >= 0.3 is 0 Å². The largest absolute Gasteiger partial charge is 0.398 e. The third kappa shape index (κ3) is 1.78. The fraction of sp³-hybridized carbons (Fsp3) is 0.286. The molecule has 0 unspecified atom stereocenters. The SMILES string of the molecule is Cc1nn(C)cc1C(=O)N1CCc2c(N)cccc21. The molecule has 0 spiro atoms. The van der Waals surface area contributed by atoms with E-state index in [1.165, 1.54) is 0 Å². The number of carbonyl (C=O) groups excluding carboxylic acids is 1. The molecule has 1 aromatic carbocycles. The van der Waals surface area contributed by atoms with Crippen molar-refractivity contribution in [2.24, 2.45) is 7.05 Å². The molecule has 98 valence electrons. The van der Waals surface area contributed by atoms with Crippen molar-refractivity contribution in [1.29, 1.82) is 0 Å². The van der Waals surface area contributed by atoms with Crippen molar-refractivity contribution in [3.05, 3.63) is 41.2 Å². The maximum Gasteiger partial charge on any atom is 0.261 e. The van der Waals surface area contributed by atoms with Crippen LogP contribution in [0.15, 0.2) is 24.4 Å². The van der Waals surface area contributed by atoms with Crippen LogP contribution >= 0.6 is 0 Å². The van der Waals surface area contributed by atoms with Gasteiger partial charge in [0, 0.05) is 36.7 Å². The molecule has 1 aliphatic heterocycles. The zero-order valence-electron chi connectivity index (χ0n) is 11.1. The van der Waals surface area contributed by atoms with Crippen LogP contribution in [0.25, 0.3) is 0 Å². The number of hydrogen-bond acceptors (Lipinski definition) is 3. The normalized spacial score (nSPS) is 13.7. The van der Waals surface area contributed by atoms with E-state index in [0.717, 1.165) is 29.1 Å². The summed E-state index contributed by atoms with van der Waals surface area (Å²) in [5.74, 6) is -0.00468. The first-order valence-electron chi connectivity index (χ1n) is 6.27. The Hall–Kier alpha value is -2.30. The van der Waals surface area contributed by atoms with Crippen LogP contribution < -0.4 is 10.6 Å². The summed E-state index contributed by atoms with van der Waals surface area (Å²) in [7, 11) is 1.82. The summed E-state index contributed by atoms with van der Waals surface area (Å²) in [5.41, 5.74) is 10.1. The Morgan fingerprint density at radius 2 is 2.21 bits per heavy atom. The second-order valence-corrected chi connectivity index (χ2v) is 4.85. The van der Waals surface area contributed by atoms with Crippen molar-refractivity contribution in [2.75, 3.05) is 17.2 Å². The smallest absolute Gasteiger partial charge is 0.261 e. The van der Waals surface area contributed by atoms with Crippen LogP contribution in [0.3, 0.4) is 0 Å². The highest BCUT2D eigenvalue weighted by atomic mass is 16.2. The predicted molar refractivity (Wildman–Crippen MR) is 74.2 cm³/mol. The summed E-state index contributed by atoms with van der Waals surface area (Å²) < 4.78 is 1.67. The molecule has 0 aliphatic carbocycles. The maximum atomic E-state index is 12.6. The van der Waals surface area contributed by atoms with Gasteiger partial charge in [-0.2, -0.15) is 5.10 Å². The van der Waals surface area contributed by atoms with Gasteiger partial charge in [0.05, 0.1) is 11.3 Å². The number of aryl methyl sites for hydroxylation is 2. The lowest BCUT2D eigenvalue weighted by Crippen LogP contribution is -2.29. The second kappa shape index (κ2) is 4.12. The van der Waals surface area contributed by atoms with Crippen LogP contribution in [0.1, 0.15) is 21.6 Å². The van der Waals surface area contributed by atoms with E-state index in [-0.39, 0.29) is 5.91 Å². The lowest BCUT2D eigenvalue weighted by atomic mass is 10.1. The first kappa shape index (κ1) is 11.8. The van der Waals surface area contributed by atoms with Crippen LogP contribution in [-0.4, -0.2) is 22.2 Å². The van der Waals surface area contributed by atoms with E-state index < -0.39 is 0 Å². The Morgan fingerprint density at radius 1 is 1.42 bits per heavy atom. The summed E-state index contributed by atoms with van der Waals surface area (Å²) >= 11 is 0. The molecule has 2 N–H and O–H groups in total. The number of anilines is 2. The molecule has 5 heteroatoms. The average Bonchev–Trinajstić information content (AvgIpc) is 2.93. The number of rotatable bonds is 1. The zero-order chi connectivity index (χ0) is 13.6. The quantitative estimate of drug-likeness (QED) is 0.787. The van der Waals surface area contributed by atoms with Crippen LogP contribution in [0, 0.1) is 6.92 Å². The molecule has 0 saturated heterocycles. The van der Waals surface area contributed by atoms with Crippen molar-refractivity contribution in [2.45, 2.75) is 13.3 Å². The van der Waals surface area contributed by atoms with Crippen molar-refractivity contribution in [1.82, 2.24) is 9.78 Å². The van der Waals surface area contributed by atoms with Crippen molar-refractivity contribution < 1.29 is 4.79 Å². The number of aromatic nitrogens is 2. The first-order chi connectivity index (χ1) is 9.08. The number of carbonyl (C=O) groups is 1. The van der Waals surface area contributed by atoms with Gasteiger partial charge in [0.15, 0.2) is 0 Å². The van der Waals surface area contributed by atoms with Gasteiger partial charge in [-0.1, -0.05) is 6.07 Å². The molecule has 0 saturated carbocycles. The summed E-state index contributed by atoms with van der Waals surface area (Å²) in [6.45, 7) is 2.53. The summed E-state index contributed by atoms with van der Waals surface area (Å²) in [4.78, 5) is 14.4. The van der Waals surface area contributed by atoms with Gasteiger partial charge in [-0.3, -0.25) is 9.48 Å². The van der Waals surface area contributed by atoms with Gasteiger partial charge in [0.1, 0.15) is 0 Å². The lowest BCUT2D eigenvalue weighted by molar-refractivity contribution is 0.0989. The summed E-state index contributed by atoms with van der Waals surface area (Å²) in [6.07, 6.45) is 2.58. The third-order valence-electron chi connectivity index (χ3n) is 3.55. The Kier molecular flexibility index (Phi) is 2.55. The number of nitrogens with zero attached hydrogens (tertiary/aromatic N) is 3. The Balaban J connectivity index is 2.00. The van der Waals surface area contributed by atoms with Crippen LogP contribution in [0.5, 0.6) is 0 Å². The number of benzene rings is 1. The fourth-order valence-corrected chi connectivity index (χ4v) is 2.63. The molecular weight excluding hydrogens is 240 g/mol. The number of fused-ring (bicyclic) bond motifs is 1. The molecule has 19 heavy (non-hydrogen) atoms. The molecule has 0 bridgehead atoms. The third-order valence-corrected chi connectivity index (χ3v) is 3.55. The van der Waals surface area contributed by atoms with Gasteiger partial charge in [0.2, 0.25) is 0 Å². The monoisotopic (exact) mass is 256 g/mol. The topological polar surface area (TPSA) is 64.2 Å². The van der Waals surface area contributed by atoms with Crippen LogP contribution in [0.4, 0.5) is 11.4 Å². The van der Waals surface area contributed by atoms with Crippen LogP contribution in [-0.2, 0) is 13.5 Å². The van der Waals surface area contributed by atoms with E-state index in [0.29, 0.717) is 12.1 Å². The van der Waals surface area contributed by atoms with Gasteiger partial charge in [-0.25, -0.2) is 0 Å². The number of nitrogen functional groups attached to an aromatic ring is 1. The minimum absolute atomic E-state index is 0.00468. The fourth-order valence-electron chi connectivity index (χ4n) is 2.63. The highest BCUT2D eigenvalue weighted by Gasteiger charge is 2.28. The van der Waals surface area contributed by atoms with E-state index >= 15 is 0 Å². The van der Waals surface area contributed by atoms with E-state index in [9.17, 15) is 4.79 Å². The Bertz CT molecular complexity index is 659. The molecular formula is C14H16N4O. The molecule has 1 aromatic heterocycles. The van der Waals surface area contributed by atoms with Gasteiger partial charge in [0.25, 0.3) is 5.91 Å². The molecule has 1 aliphatic rings. The van der Waals surface area contributed by atoms with Gasteiger partial charge in [-0.15, -0.1) is 0 Å². The van der Waals surface area contributed by atoms with Crippen LogP contribution in [0.2, 0.25) is 0 Å². The molecule has 0 radical (unpaired) electrons. The highest BCUT2D eigenvalue weighted by Crippen LogP contribution is 2.33. The van der Waals surface area contributed by atoms with E-state index in [1.807, 2.05) is 32.2 Å². The van der Waals surface area contributed by atoms with E-state index in [4.69, 9.17) is 5.73 Å². The average molecular weight is 256 g/mol. The molecule has 2 heterocycles. The summed E-state index contributed by atoms with van der Waals surface area (Å²) in [5, 5.41) is 4.22. The number of nitrogens with two attached hydrogens (primary N) is 1. The van der Waals surface area contributed by atoms with Crippen molar-refractivity contribution >= 4 is 17.3 Å². The molecule has 2 aromatic rings. The molecule has 1 amide bonds. The van der Waals surface area contributed by atoms with Crippen molar-refractivity contribution in [3.63, 3.8) is 0 Å². The number of amides is 1. The first-order valence-corrected chi connectivity index (χ1v) is 6.27. The Labute approximate surface area is 111 Å². The van der Waals surface area contributed by atoms with Gasteiger partial charge in [-0.05, 0) is 25.5 Å². The van der Waals surface area contributed by atoms with E-state index in [2.05, 4.69) is 5.10 Å². The second-order valence-electron chi connectivity index (χ2n) is 4.85. The minimum Gasteiger partial charge on any atom is -0.398 e. The molecule has 0 fully saturated rings. The zero-order valence-corrected chi connectivity index (χ0v) is 11.1. The molecule has 5 nitrogen and oxygen atoms in total. The summed E-state index contributed by atoms with van der Waals surface area (Å²) in [6, 6.07) is 5.71. The molecule has 0 atom stereocenters. The van der Waals surface area contributed by atoms with E-state index in [1.54, 1.807) is 15.8 Å². The minimum atomic E-state index is -0.00468.